The van der Waals surface area contributed by atoms with Gasteiger partial charge in [0.1, 0.15) is 0 Å². The Labute approximate surface area is 89.1 Å². The van der Waals surface area contributed by atoms with Crippen molar-refractivity contribution in [3.05, 3.63) is 0 Å². The molecule has 1 fully saturated rings. The molecule has 0 aromatic carbocycles. The van der Waals surface area contributed by atoms with Gasteiger partial charge in [-0.1, -0.05) is 20.3 Å². The van der Waals surface area contributed by atoms with E-state index < -0.39 is 0 Å². The van der Waals surface area contributed by atoms with E-state index in [4.69, 9.17) is 0 Å². The quantitative estimate of drug-likeness (QED) is 0.726. The standard InChI is InChI=1S/C12H26N2/c1-5-10(2)11(3)13-8-12-6-7-14(4)9-12/h10-13H,5-9H2,1-4H3. The molecule has 1 heterocycles. The van der Waals surface area contributed by atoms with Crippen LogP contribution >= 0.6 is 0 Å². The lowest BCUT2D eigenvalue weighted by atomic mass is 10.00. The number of hydrogen-bond donors (Lipinski definition) is 1. The second-order valence-electron chi connectivity index (χ2n) is 5.00. The summed E-state index contributed by atoms with van der Waals surface area (Å²) in [6.45, 7) is 10.7. The van der Waals surface area contributed by atoms with Gasteiger partial charge < -0.3 is 10.2 Å². The molecule has 0 spiro atoms. The molecule has 0 aliphatic carbocycles. The number of nitrogens with zero attached hydrogens (tertiary/aromatic N) is 1. The third-order valence-corrected chi connectivity index (χ3v) is 3.71. The van der Waals surface area contributed by atoms with Crippen molar-refractivity contribution in [1.82, 2.24) is 10.2 Å². The lowest BCUT2D eigenvalue weighted by molar-refractivity contribution is 0.346. The van der Waals surface area contributed by atoms with Crippen LogP contribution in [-0.4, -0.2) is 37.6 Å². The highest BCUT2D eigenvalue weighted by Crippen LogP contribution is 2.14. The van der Waals surface area contributed by atoms with E-state index in [0.29, 0.717) is 6.04 Å². The van der Waals surface area contributed by atoms with Crippen molar-refractivity contribution in [1.29, 1.82) is 0 Å². The zero-order chi connectivity index (χ0) is 10.6. The first-order chi connectivity index (χ1) is 6.63. The number of hydrogen-bond acceptors (Lipinski definition) is 2. The largest absolute Gasteiger partial charge is 0.314 e. The van der Waals surface area contributed by atoms with Crippen molar-refractivity contribution >= 4 is 0 Å². The molecule has 14 heavy (non-hydrogen) atoms. The molecule has 84 valence electrons. The summed E-state index contributed by atoms with van der Waals surface area (Å²) in [5, 5.41) is 3.67. The monoisotopic (exact) mass is 198 g/mol. The minimum atomic E-state index is 0.672. The number of likely N-dealkylation sites (tertiary alicyclic amines) is 1. The van der Waals surface area contributed by atoms with Crippen LogP contribution in [0.15, 0.2) is 0 Å². The van der Waals surface area contributed by atoms with Crippen LogP contribution in [0.3, 0.4) is 0 Å². The highest BCUT2D eigenvalue weighted by molar-refractivity contribution is 4.77. The predicted molar refractivity (Wildman–Crippen MR) is 62.5 cm³/mol. The molecule has 1 N–H and O–H groups in total. The SMILES string of the molecule is CCC(C)C(C)NCC1CCN(C)C1. The molecule has 0 amide bonds. The van der Waals surface area contributed by atoms with Gasteiger partial charge in [0.05, 0.1) is 0 Å². The summed E-state index contributed by atoms with van der Waals surface area (Å²) in [6.07, 6.45) is 2.65. The van der Waals surface area contributed by atoms with Gasteiger partial charge in [-0.05, 0) is 45.3 Å². The number of rotatable bonds is 5. The zero-order valence-corrected chi connectivity index (χ0v) is 10.2. The molecule has 2 nitrogen and oxygen atoms in total. The van der Waals surface area contributed by atoms with Crippen molar-refractivity contribution in [2.24, 2.45) is 11.8 Å². The van der Waals surface area contributed by atoms with Crippen LogP contribution in [0.5, 0.6) is 0 Å². The van der Waals surface area contributed by atoms with Crippen LogP contribution in [-0.2, 0) is 0 Å². The van der Waals surface area contributed by atoms with Crippen LogP contribution in [0.25, 0.3) is 0 Å². The van der Waals surface area contributed by atoms with Gasteiger partial charge in [-0.15, -0.1) is 0 Å². The van der Waals surface area contributed by atoms with Crippen LogP contribution in [0.1, 0.15) is 33.6 Å². The van der Waals surface area contributed by atoms with Gasteiger partial charge in [0.15, 0.2) is 0 Å². The minimum absolute atomic E-state index is 0.672. The fourth-order valence-corrected chi connectivity index (χ4v) is 2.10. The van der Waals surface area contributed by atoms with E-state index in [9.17, 15) is 0 Å². The minimum Gasteiger partial charge on any atom is -0.314 e. The van der Waals surface area contributed by atoms with Crippen molar-refractivity contribution in [3.8, 4) is 0 Å². The molecule has 1 saturated heterocycles. The van der Waals surface area contributed by atoms with Crippen molar-refractivity contribution < 1.29 is 0 Å². The van der Waals surface area contributed by atoms with E-state index in [1.165, 1.54) is 32.5 Å². The van der Waals surface area contributed by atoms with E-state index in [2.05, 4.69) is 38.0 Å². The van der Waals surface area contributed by atoms with Gasteiger partial charge in [0.2, 0.25) is 0 Å². The average Bonchev–Trinajstić information content (AvgIpc) is 2.59. The molecular formula is C12H26N2. The summed E-state index contributed by atoms with van der Waals surface area (Å²) < 4.78 is 0. The number of nitrogens with one attached hydrogen (secondary N) is 1. The normalized spacial score (nSPS) is 27.9. The highest BCUT2D eigenvalue weighted by Gasteiger charge is 2.20. The Bertz CT molecular complexity index is 156. The van der Waals surface area contributed by atoms with Crippen molar-refractivity contribution in [2.45, 2.75) is 39.7 Å². The Morgan fingerprint density at radius 3 is 2.64 bits per heavy atom. The Morgan fingerprint density at radius 1 is 1.43 bits per heavy atom. The van der Waals surface area contributed by atoms with Crippen LogP contribution in [0.4, 0.5) is 0 Å². The molecule has 0 aromatic rings. The lowest BCUT2D eigenvalue weighted by Crippen LogP contribution is -2.36. The molecule has 1 rings (SSSR count). The highest BCUT2D eigenvalue weighted by atomic mass is 15.1. The molecule has 0 radical (unpaired) electrons. The molecule has 0 bridgehead atoms. The summed E-state index contributed by atoms with van der Waals surface area (Å²) in [6, 6.07) is 0.672. The maximum Gasteiger partial charge on any atom is 0.00643 e. The van der Waals surface area contributed by atoms with Gasteiger partial charge in [-0.3, -0.25) is 0 Å². The summed E-state index contributed by atoms with van der Waals surface area (Å²) >= 11 is 0. The Hall–Kier alpha value is -0.0800. The molecule has 0 saturated carbocycles. The Morgan fingerprint density at radius 2 is 2.14 bits per heavy atom. The zero-order valence-electron chi connectivity index (χ0n) is 10.2. The van der Waals surface area contributed by atoms with E-state index in [1.54, 1.807) is 0 Å². The first-order valence-electron chi connectivity index (χ1n) is 6.05. The van der Waals surface area contributed by atoms with Gasteiger partial charge in [0, 0.05) is 12.6 Å². The van der Waals surface area contributed by atoms with Crippen LogP contribution in [0, 0.1) is 11.8 Å². The Balaban J connectivity index is 2.14. The fourth-order valence-electron chi connectivity index (χ4n) is 2.10. The van der Waals surface area contributed by atoms with Crippen molar-refractivity contribution in [3.63, 3.8) is 0 Å². The second-order valence-corrected chi connectivity index (χ2v) is 5.00. The molecule has 2 heteroatoms. The third-order valence-electron chi connectivity index (χ3n) is 3.71. The maximum atomic E-state index is 3.67. The lowest BCUT2D eigenvalue weighted by Gasteiger charge is -2.22. The molecule has 1 aliphatic rings. The molecule has 1 aliphatic heterocycles. The van der Waals surface area contributed by atoms with Gasteiger partial charge in [0.25, 0.3) is 0 Å². The maximum absolute atomic E-state index is 3.67. The smallest absolute Gasteiger partial charge is 0.00643 e. The topological polar surface area (TPSA) is 15.3 Å². The molecule has 3 atom stereocenters. The first kappa shape index (κ1) is 12.0. The molecule has 3 unspecified atom stereocenters. The van der Waals surface area contributed by atoms with Crippen LogP contribution in [0.2, 0.25) is 0 Å². The van der Waals surface area contributed by atoms with Gasteiger partial charge in [-0.25, -0.2) is 0 Å². The Kier molecular flexibility index (Phi) is 4.90. The summed E-state index contributed by atoms with van der Waals surface area (Å²) in [5.74, 6) is 1.68. The summed E-state index contributed by atoms with van der Waals surface area (Å²) in [5.41, 5.74) is 0. The fraction of sp³-hybridized carbons (Fsp3) is 1.00. The first-order valence-corrected chi connectivity index (χ1v) is 6.05. The predicted octanol–water partition coefficient (Wildman–Crippen LogP) is 1.96. The second kappa shape index (κ2) is 5.72. The average molecular weight is 198 g/mol. The summed E-state index contributed by atoms with van der Waals surface area (Å²) in [7, 11) is 2.22. The third kappa shape index (κ3) is 3.58. The van der Waals surface area contributed by atoms with E-state index in [0.717, 1.165) is 11.8 Å². The van der Waals surface area contributed by atoms with E-state index in [-0.39, 0.29) is 0 Å². The van der Waals surface area contributed by atoms with Crippen LogP contribution < -0.4 is 5.32 Å². The summed E-state index contributed by atoms with van der Waals surface area (Å²) in [4.78, 5) is 2.43. The van der Waals surface area contributed by atoms with Gasteiger partial charge >= 0.3 is 0 Å². The molecule has 0 aromatic heterocycles. The van der Waals surface area contributed by atoms with Gasteiger partial charge in [-0.2, -0.15) is 0 Å². The molecular weight excluding hydrogens is 172 g/mol. The van der Waals surface area contributed by atoms with E-state index in [1.807, 2.05) is 0 Å². The van der Waals surface area contributed by atoms with E-state index >= 15 is 0 Å². The van der Waals surface area contributed by atoms with Crippen molar-refractivity contribution in [2.75, 3.05) is 26.7 Å².